The number of carboxylic acid groups (broad SMARTS) is 3. The summed E-state index contributed by atoms with van der Waals surface area (Å²) in [6, 6.07) is 10.9. The number of quaternary nitrogens is 1. The van der Waals surface area contributed by atoms with Crippen LogP contribution in [-0.4, -0.2) is 64.0 Å². The Balaban J connectivity index is 0.000000845. The van der Waals surface area contributed by atoms with E-state index in [9.17, 15) is 19.5 Å². The van der Waals surface area contributed by atoms with E-state index in [2.05, 4.69) is 51.4 Å². The lowest BCUT2D eigenvalue weighted by Crippen LogP contribution is -2.45. The van der Waals surface area contributed by atoms with E-state index >= 15 is 0 Å². The van der Waals surface area contributed by atoms with E-state index in [1.165, 1.54) is 89.2 Å². The van der Waals surface area contributed by atoms with Crippen molar-refractivity contribution in [2.75, 3.05) is 20.6 Å². The molecule has 0 bridgehead atoms. The average Bonchev–Trinajstić information content (AvgIpc) is 2.79. The average molecular weight is 524 g/mol. The smallest absolute Gasteiger partial charge is 0.336 e. The van der Waals surface area contributed by atoms with E-state index in [1.54, 1.807) is 0 Å². The highest BCUT2D eigenvalue weighted by molar-refractivity contribution is 5.87. The number of carbonyl (C=O) groups is 3. The molecule has 0 aromatic heterocycles. The number of aliphatic hydroxyl groups is 1. The molecule has 0 heterocycles. The summed E-state index contributed by atoms with van der Waals surface area (Å²) in [5.74, 6) is -5.34. The molecular weight excluding hydrogens is 474 g/mol. The second kappa shape index (κ2) is 19.6. The number of rotatable bonds is 20. The van der Waals surface area contributed by atoms with Crippen molar-refractivity contribution in [1.82, 2.24) is 0 Å². The van der Waals surface area contributed by atoms with Crippen molar-refractivity contribution in [2.24, 2.45) is 0 Å². The Morgan fingerprint density at radius 2 is 1.24 bits per heavy atom. The predicted molar refractivity (Wildman–Crippen MR) is 143 cm³/mol. The molecular formula is C29H49NO7. The van der Waals surface area contributed by atoms with Crippen LogP contribution in [0.5, 0.6) is 0 Å². The first-order valence-electron chi connectivity index (χ1n) is 13.6. The van der Waals surface area contributed by atoms with E-state index in [-0.39, 0.29) is 0 Å². The summed E-state index contributed by atoms with van der Waals surface area (Å²) in [4.78, 5) is 30.3. The molecule has 1 atom stereocenters. The number of nitrogens with zero attached hydrogens (tertiary/aromatic N) is 1. The normalized spacial score (nSPS) is 12.8. The minimum absolute atomic E-state index is 1.11. The SMILES string of the molecule is CCCCCCCCCCCCCC[N+](C)(C)Cc1ccccc1.O=C([O-])CC(O)(CC(=O)O)C(=O)O. The Hall–Kier alpha value is -2.45. The van der Waals surface area contributed by atoms with Gasteiger partial charge in [-0.15, -0.1) is 0 Å². The van der Waals surface area contributed by atoms with Crippen LogP contribution in [0.15, 0.2) is 30.3 Å². The molecule has 0 spiro atoms. The maximum Gasteiger partial charge on any atom is 0.336 e. The zero-order valence-corrected chi connectivity index (χ0v) is 23.1. The lowest BCUT2D eigenvalue weighted by atomic mass is 9.96. The third-order valence-electron chi connectivity index (χ3n) is 6.35. The van der Waals surface area contributed by atoms with Crippen LogP contribution in [0.3, 0.4) is 0 Å². The third-order valence-corrected chi connectivity index (χ3v) is 6.35. The van der Waals surface area contributed by atoms with Crippen molar-refractivity contribution in [1.29, 1.82) is 0 Å². The van der Waals surface area contributed by atoms with Gasteiger partial charge in [0.05, 0.1) is 27.1 Å². The summed E-state index contributed by atoms with van der Waals surface area (Å²) < 4.78 is 1.11. The Morgan fingerprint density at radius 1 is 0.784 bits per heavy atom. The standard InChI is InChI=1S/C23H42N.C6H8O7/c1-4-5-6-7-8-9-10-11-12-13-14-18-21-24(2,3)22-23-19-16-15-17-20-23;7-3(8)1-6(13,5(11)12)2-4(9)10/h15-17,19-20H,4-14,18,21-22H2,1-3H3;13H,1-2H2,(H,7,8)(H,9,10)(H,11,12)/q+1;/p-1. The predicted octanol–water partition coefficient (Wildman–Crippen LogP) is 4.38. The molecule has 3 N–H and O–H groups in total. The van der Waals surface area contributed by atoms with Crippen molar-refractivity contribution < 1.29 is 39.3 Å². The molecule has 8 nitrogen and oxygen atoms in total. The van der Waals surface area contributed by atoms with Gasteiger partial charge in [0.2, 0.25) is 0 Å². The molecule has 0 aliphatic heterocycles. The van der Waals surface area contributed by atoms with Crippen LogP contribution in [-0.2, 0) is 20.9 Å². The van der Waals surface area contributed by atoms with Gasteiger partial charge in [-0.3, -0.25) is 4.79 Å². The van der Waals surface area contributed by atoms with Crippen LogP contribution < -0.4 is 5.11 Å². The van der Waals surface area contributed by atoms with Crippen LogP contribution in [0.1, 0.15) is 102 Å². The molecule has 212 valence electrons. The fourth-order valence-corrected chi connectivity index (χ4v) is 4.24. The topological polar surface area (TPSA) is 135 Å². The molecule has 0 radical (unpaired) electrons. The second-order valence-corrected chi connectivity index (χ2v) is 10.6. The van der Waals surface area contributed by atoms with Gasteiger partial charge >= 0.3 is 11.9 Å². The van der Waals surface area contributed by atoms with Crippen molar-refractivity contribution in [3.63, 3.8) is 0 Å². The first-order chi connectivity index (χ1) is 17.4. The highest BCUT2D eigenvalue weighted by Crippen LogP contribution is 2.16. The van der Waals surface area contributed by atoms with Gasteiger partial charge in [0, 0.05) is 18.0 Å². The summed E-state index contributed by atoms with van der Waals surface area (Å²) in [5.41, 5.74) is -1.34. The second-order valence-electron chi connectivity index (χ2n) is 10.6. The molecule has 0 aliphatic carbocycles. The van der Waals surface area contributed by atoms with Gasteiger partial charge in [-0.2, -0.15) is 0 Å². The summed E-state index contributed by atoms with van der Waals surface area (Å²) in [7, 11) is 4.73. The number of benzene rings is 1. The van der Waals surface area contributed by atoms with E-state index in [4.69, 9.17) is 15.3 Å². The number of aliphatic carboxylic acids is 3. The van der Waals surface area contributed by atoms with Crippen LogP contribution in [0.25, 0.3) is 0 Å². The van der Waals surface area contributed by atoms with Crippen molar-refractivity contribution >= 4 is 17.9 Å². The molecule has 37 heavy (non-hydrogen) atoms. The quantitative estimate of drug-likeness (QED) is 0.170. The molecule has 0 amide bonds. The van der Waals surface area contributed by atoms with E-state index in [1.807, 2.05) is 0 Å². The lowest BCUT2D eigenvalue weighted by molar-refractivity contribution is -0.903. The lowest BCUT2D eigenvalue weighted by Gasteiger charge is -2.30. The first-order valence-corrected chi connectivity index (χ1v) is 13.6. The number of unbranched alkanes of at least 4 members (excludes halogenated alkanes) is 11. The van der Waals surface area contributed by atoms with E-state index in [0.717, 1.165) is 11.0 Å². The molecule has 8 heteroatoms. The summed E-state index contributed by atoms with van der Waals surface area (Å²) in [6.45, 7) is 4.74. The van der Waals surface area contributed by atoms with Gasteiger partial charge < -0.3 is 29.7 Å². The molecule has 1 rings (SSSR count). The van der Waals surface area contributed by atoms with Crippen LogP contribution in [0.4, 0.5) is 0 Å². The van der Waals surface area contributed by atoms with Gasteiger partial charge in [-0.25, -0.2) is 4.79 Å². The summed E-state index contributed by atoms with van der Waals surface area (Å²) >= 11 is 0. The Bertz CT molecular complexity index is 749. The highest BCUT2D eigenvalue weighted by atomic mass is 16.4. The van der Waals surface area contributed by atoms with E-state index < -0.39 is 36.4 Å². The number of carbonyl (C=O) groups excluding carboxylic acids is 1. The zero-order chi connectivity index (χ0) is 28.2. The molecule has 1 aromatic rings. The monoisotopic (exact) mass is 523 g/mol. The molecule has 1 unspecified atom stereocenters. The van der Waals surface area contributed by atoms with Gasteiger partial charge in [0.1, 0.15) is 6.54 Å². The van der Waals surface area contributed by atoms with Gasteiger partial charge in [-0.05, 0) is 12.8 Å². The van der Waals surface area contributed by atoms with Crippen molar-refractivity contribution in [3.05, 3.63) is 35.9 Å². The molecule has 1 aromatic carbocycles. The highest BCUT2D eigenvalue weighted by Gasteiger charge is 2.38. The minimum atomic E-state index is -2.80. The molecule has 0 saturated carbocycles. The minimum Gasteiger partial charge on any atom is -0.550 e. The summed E-state index contributed by atoms with van der Waals surface area (Å²) in [5, 5.41) is 35.5. The Kier molecular flexibility index (Phi) is 18.3. The van der Waals surface area contributed by atoms with Crippen molar-refractivity contribution in [2.45, 2.75) is 109 Å². The summed E-state index contributed by atoms with van der Waals surface area (Å²) in [6.07, 6.45) is 14.8. The van der Waals surface area contributed by atoms with Crippen molar-refractivity contribution in [3.8, 4) is 0 Å². The number of hydrogen-bond acceptors (Lipinski definition) is 5. The maximum absolute atomic E-state index is 10.3. The Labute approximate surface area is 222 Å². The van der Waals surface area contributed by atoms with Crippen LogP contribution >= 0.6 is 0 Å². The van der Waals surface area contributed by atoms with E-state index in [0.29, 0.717) is 0 Å². The molecule has 0 aliphatic rings. The van der Waals surface area contributed by atoms with Crippen LogP contribution in [0, 0.1) is 0 Å². The van der Waals surface area contributed by atoms with Gasteiger partial charge in [0.25, 0.3) is 0 Å². The van der Waals surface area contributed by atoms with Gasteiger partial charge in [0.15, 0.2) is 5.60 Å². The van der Waals surface area contributed by atoms with Gasteiger partial charge in [-0.1, -0.05) is 101 Å². The first kappa shape index (κ1) is 34.6. The Morgan fingerprint density at radius 3 is 1.65 bits per heavy atom. The largest absolute Gasteiger partial charge is 0.550 e. The fraction of sp³-hybridized carbons (Fsp3) is 0.690. The third kappa shape index (κ3) is 19.3. The fourth-order valence-electron chi connectivity index (χ4n) is 4.24. The number of hydrogen-bond donors (Lipinski definition) is 3. The maximum atomic E-state index is 10.3. The zero-order valence-electron chi connectivity index (χ0n) is 23.1. The van der Waals surface area contributed by atoms with Crippen LogP contribution in [0.2, 0.25) is 0 Å². The molecule has 0 saturated heterocycles. The number of carboxylic acids is 3. The molecule has 0 fully saturated rings.